The number of nitrogens with one attached hydrogen (secondary N) is 4. The molecule has 0 aromatic heterocycles. The van der Waals surface area contributed by atoms with Gasteiger partial charge in [-0.2, -0.15) is 0 Å². The lowest BCUT2D eigenvalue weighted by Crippen LogP contribution is -2.54. The largest absolute Gasteiger partial charge is 0.449 e. The van der Waals surface area contributed by atoms with Gasteiger partial charge in [-0.1, -0.05) is 74.5 Å². The molecule has 11 heteroatoms. The predicted molar refractivity (Wildman–Crippen MR) is 188 cm³/mol. The monoisotopic (exact) mass is 672 g/mol. The number of hydrogen-bond acceptors (Lipinski definition) is 7. The summed E-state index contributed by atoms with van der Waals surface area (Å²) in [7, 11) is 0. The average Bonchev–Trinajstić information content (AvgIpc) is 3.38. The van der Waals surface area contributed by atoms with Crippen LogP contribution >= 0.6 is 0 Å². The zero-order valence-electron chi connectivity index (χ0n) is 28.9. The van der Waals surface area contributed by atoms with Gasteiger partial charge in [-0.25, -0.2) is 9.59 Å². The Bertz CT molecular complexity index is 1550. The third-order valence-electron chi connectivity index (χ3n) is 8.19. The fourth-order valence-corrected chi connectivity index (χ4v) is 5.73. The third kappa shape index (κ3) is 10.5. The minimum absolute atomic E-state index is 0.101. The number of fused-ring (bicyclic) bond motifs is 3. The first-order chi connectivity index (χ1) is 23.4. The summed E-state index contributed by atoms with van der Waals surface area (Å²) in [6.45, 7) is 9.25. The Morgan fingerprint density at radius 3 is 1.98 bits per heavy atom. The second kappa shape index (κ2) is 17.0. The molecule has 4 amide bonds. The van der Waals surface area contributed by atoms with Crippen molar-refractivity contribution in [2.45, 2.75) is 84.1 Å². The molecule has 0 bridgehead atoms. The van der Waals surface area contributed by atoms with Crippen LogP contribution in [0.3, 0.4) is 0 Å². The molecule has 0 spiro atoms. The van der Waals surface area contributed by atoms with Gasteiger partial charge in [0.2, 0.25) is 11.8 Å². The minimum Gasteiger partial charge on any atom is -0.449 e. The highest BCUT2D eigenvalue weighted by atomic mass is 16.6. The van der Waals surface area contributed by atoms with Crippen LogP contribution in [0.2, 0.25) is 0 Å². The Balaban J connectivity index is 1.37. The Labute approximate surface area is 288 Å². The Hall–Kier alpha value is -4.90. The first kappa shape index (κ1) is 36.9. The lowest BCUT2D eigenvalue weighted by Gasteiger charge is -2.25. The van der Waals surface area contributed by atoms with Gasteiger partial charge in [0.1, 0.15) is 24.3 Å². The molecular weight excluding hydrogens is 624 g/mol. The van der Waals surface area contributed by atoms with Gasteiger partial charge in [0.15, 0.2) is 0 Å². The molecule has 0 radical (unpaired) electrons. The number of alkyl carbamates (subject to hydrolysis) is 2. The number of carbonyl (C=O) groups is 4. The van der Waals surface area contributed by atoms with E-state index in [1.165, 1.54) is 0 Å². The van der Waals surface area contributed by atoms with Crippen LogP contribution in [-0.2, 0) is 25.7 Å². The summed E-state index contributed by atoms with van der Waals surface area (Å²) in [5, 5.41) is 20.4. The summed E-state index contributed by atoms with van der Waals surface area (Å²) in [6, 6.07) is 20.9. The number of ether oxygens (including phenoxy) is 2. The lowest BCUT2D eigenvalue weighted by atomic mass is 9.98. The van der Waals surface area contributed by atoms with E-state index in [0.29, 0.717) is 30.6 Å². The molecule has 0 saturated heterocycles. The molecule has 49 heavy (non-hydrogen) atoms. The molecule has 5 N–H and O–H groups in total. The fraction of sp³-hybridized carbons (Fsp3) is 0.421. The van der Waals surface area contributed by atoms with Crippen molar-refractivity contribution in [2.75, 3.05) is 18.5 Å². The fourth-order valence-electron chi connectivity index (χ4n) is 5.73. The molecule has 0 saturated carbocycles. The highest BCUT2D eigenvalue weighted by molar-refractivity contribution is 5.98. The highest BCUT2D eigenvalue weighted by Crippen LogP contribution is 2.44. The van der Waals surface area contributed by atoms with Crippen molar-refractivity contribution in [3.63, 3.8) is 0 Å². The van der Waals surface area contributed by atoms with E-state index >= 15 is 0 Å². The molecule has 4 rings (SSSR count). The number of hydrogen-bond donors (Lipinski definition) is 5. The summed E-state index contributed by atoms with van der Waals surface area (Å²) in [6.07, 6.45) is 0.0618. The first-order valence-electron chi connectivity index (χ1n) is 16.8. The van der Waals surface area contributed by atoms with Crippen LogP contribution in [0.5, 0.6) is 0 Å². The van der Waals surface area contributed by atoms with Crippen LogP contribution in [0.4, 0.5) is 15.3 Å². The van der Waals surface area contributed by atoms with Crippen LogP contribution < -0.4 is 21.3 Å². The molecule has 1 aliphatic carbocycles. The smallest absolute Gasteiger partial charge is 0.407 e. The van der Waals surface area contributed by atoms with Crippen molar-refractivity contribution in [3.8, 4) is 11.1 Å². The SMILES string of the molecule is CC(C)[C@H](NC(=O)OCC1c2ccccc2-c2ccccc21)C(=O)N[C@@H](CCCCNC(=O)OC(C)(C)C)C(=O)Nc1ccc(CO)cc1. The quantitative estimate of drug-likeness (QED) is 0.134. The maximum absolute atomic E-state index is 13.6. The summed E-state index contributed by atoms with van der Waals surface area (Å²) in [4.78, 5) is 52.1. The van der Waals surface area contributed by atoms with Gasteiger partial charge in [-0.05, 0) is 85.9 Å². The first-order valence-corrected chi connectivity index (χ1v) is 16.8. The number of anilines is 1. The number of amides is 4. The second-order valence-electron chi connectivity index (χ2n) is 13.5. The Kier molecular flexibility index (Phi) is 12.8. The van der Waals surface area contributed by atoms with Gasteiger partial charge in [0.25, 0.3) is 0 Å². The van der Waals surface area contributed by atoms with E-state index in [-0.39, 0.29) is 31.5 Å². The molecule has 1 aliphatic rings. The van der Waals surface area contributed by atoms with Crippen LogP contribution in [0.15, 0.2) is 72.8 Å². The molecule has 0 aliphatic heterocycles. The van der Waals surface area contributed by atoms with E-state index in [1.54, 1.807) is 58.9 Å². The zero-order valence-corrected chi connectivity index (χ0v) is 28.9. The van der Waals surface area contributed by atoms with E-state index in [0.717, 1.165) is 22.3 Å². The topological polar surface area (TPSA) is 155 Å². The molecule has 0 fully saturated rings. The number of aliphatic hydroxyl groups is 1. The molecule has 3 aromatic carbocycles. The molecule has 2 atom stereocenters. The van der Waals surface area contributed by atoms with Crippen molar-refractivity contribution < 1.29 is 33.8 Å². The van der Waals surface area contributed by atoms with Crippen LogP contribution in [0.1, 0.15) is 76.5 Å². The third-order valence-corrected chi connectivity index (χ3v) is 8.19. The number of rotatable bonds is 14. The van der Waals surface area contributed by atoms with E-state index in [9.17, 15) is 24.3 Å². The number of benzene rings is 3. The minimum atomic E-state index is -0.969. The average molecular weight is 673 g/mol. The molecule has 262 valence electrons. The van der Waals surface area contributed by atoms with Crippen molar-refractivity contribution in [2.24, 2.45) is 5.92 Å². The van der Waals surface area contributed by atoms with E-state index in [4.69, 9.17) is 9.47 Å². The van der Waals surface area contributed by atoms with Crippen molar-refractivity contribution in [3.05, 3.63) is 89.5 Å². The number of unbranched alkanes of at least 4 members (excludes halogenated alkanes) is 1. The van der Waals surface area contributed by atoms with Gasteiger partial charge in [0.05, 0.1) is 6.61 Å². The van der Waals surface area contributed by atoms with Crippen molar-refractivity contribution in [1.29, 1.82) is 0 Å². The molecular formula is C38H48N4O7. The Morgan fingerprint density at radius 2 is 1.41 bits per heavy atom. The van der Waals surface area contributed by atoms with E-state index in [2.05, 4.69) is 33.4 Å². The summed E-state index contributed by atoms with van der Waals surface area (Å²) in [5.74, 6) is -1.40. The second-order valence-corrected chi connectivity index (χ2v) is 13.5. The van der Waals surface area contributed by atoms with Gasteiger partial charge in [-0.15, -0.1) is 0 Å². The van der Waals surface area contributed by atoms with Crippen molar-refractivity contribution >= 4 is 29.7 Å². The standard InChI is InChI=1S/C38H48N4O7/c1-24(2)33(42-37(47)48-23-31-29-14-8-6-12-27(29)28-13-7-9-15-30(28)31)35(45)41-32(16-10-11-21-39-36(46)49-38(3,4)5)34(44)40-26-19-17-25(22-43)18-20-26/h6-9,12-15,17-20,24,31-33,43H,10-11,16,21-23H2,1-5H3,(H,39,46)(H,40,44)(H,41,45)(H,42,47)/t32-,33-/m0/s1. The maximum atomic E-state index is 13.6. The van der Waals surface area contributed by atoms with Crippen molar-refractivity contribution in [1.82, 2.24) is 16.0 Å². The molecule has 0 unspecified atom stereocenters. The zero-order chi connectivity index (χ0) is 35.6. The molecule has 3 aromatic rings. The normalized spacial score (nSPS) is 13.4. The molecule has 11 nitrogen and oxygen atoms in total. The number of carbonyl (C=O) groups excluding carboxylic acids is 4. The van der Waals surface area contributed by atoms with Crippen LogP contribution in [-0.4, -0.2) is 59.9 Å². The number of aliphatic hydroxyl groups excluding tert-OH is 1. The van der Waals surface area contributed by atoms with Crippen LogP contribution in [0.25, 0.3) is 11.1 Å². The van der Waals surface area contributed by atoms with Gasteiger partial charge < -0.3 is 35.8 Å². The van der Waals surface area contributed by atoms with Gasteiger partial charge in [-0.3, -0.25) is 9.59 Å². The lowest BCUT2D eigenvalue weighted by molar-refractivity contribution is -0.128. The van der Waals surface area contributed by atoms with E-state index < -0.39 is 41.7 Å². The summed E-state index contributed by atoms with van der Waals surface area (Å²) in [5.41, 5.74) is 4.96. The molecule has 0 heterocycles. The van der Waals surface area contributed by atoms with E-state index in [1.807, 2.05) is 36.4 Å². The maximum Gasteiger partial charge on any atom is 0.407 e. The highest BCUT2D eigenvalue weighted by Gasteiger charge is 2.32. The summed E-state index contributed by atoms with van der Waals surface area (Å²) >= 11 is 0. The Morgan fingerprint density at radius 1 is 0.796 bits per heavy atom. The summed E-state index contributed by atoms with van der Waals surface area (Å²) < 4.78 is 11.0. The predicted octanol–water partition coefficient (Wildman–Crippen LogP) is 5.86. The van der Waals surface area contributed by atoms with Crippen LogP contribution in [0, 0.1) is 5.92 Å². The van der Waals surface area contributed by atoms with Gasteiger partial charge in [0, 0.05) is 18.2 Å². The van der Waals surface area contributed by atoms with Gasteiger partial charge >= 0.3 is 12.2 Å².